The standard InChI is InChI=1S/C22H22N2OS/c1-22(2,3)19-14-13-18(26-19)20-23-17-12-8-7-11-16(17)21(25)24(20)15-9-5-4-6-10-15/h4-14,20,23H,1-3H3. The minimum atomic E-state index is -0.208. The molecule has 1 amide bonds. The Kier molecular flexibility index (Phi) is 4.08. The van der Waals surface area contributed by atoms with E-state index in [1.165, 1.54) is 4.88 Å². The Hall–Kier alpha value is -2.59. The van der Waals surface area contributed by atoms with Crippen LogP contribution in [0, 0.1) is 0 Å². The van der Waals surface area contributed by atoms with Gasteiger partial charge in [0.05, 0.1) is 5.56 Å². The molecular weight excluding hydrogens is 340 g/mol. The summed E-state index contributed by atoms with van der Waals surface area (Å²) in [6, 6.07) is 21.9. The molecule has 0 aliphatic carbocycles. The lowest BCUT2D eigenvalue weighted by Gasteiger charge is -2.37. The van der Waals surface area contributed by atoms with Crippen molar-refractivity contribution >= 4 is 28.6 Å². The van der Waals surface area contributed by atoms with Crippen LogP contribution in [0.15, 0.2) is 66.7 Å². The first-order chi connectivity index (χ1) is 12.4. The number of thiophene rings is 1. The van der Waals surface area contributed by atoms with Gasteiger partial charge in [-0.15, -0.1) is 11.3 Å². The molecule has 1 N–H and O–H groups in total. The van der Waals surface area contributed by atoms with Gasteiger partial charge in [0.2, 0.25) is 0 Å². The highest BCUT2D eigenvalue weighted by atomic mass is 32.1. The fourth-order valence-electron chi connectivity index (χ4n) is 3.21. The molecule has 2 aromatic carbocycles. The van der Waals surface area contributed by atoms with Crippen molar-refractivity contribution in [3.63, 3.8) is 0 Å². The molecule has 1 aromatic heterocycles. The number of para-hydroxylation sites is 2. The molecule has 0 bridgehead atoms. The zero-order chi connectivity index (χ0) is 18.3. The Bertz CT molecular complexity index is 940. The number of carbonyl (C=O) groups is 1. The van der Waals surface area contributed by atoms with Gasteiger partial charge in [0.1, 0.15) is 6.17 Å². The maximum Gasteiger partial charge on any atom is 0.262 e. The third-order valence-corrected chi connectivity index (χ3v) is 6.16. The molecule has 26 heavy (non-hydrogen) atoms. The maximum absolute atomic E-state index is 13.3. The highest BCUT2D eigenvalue weighted by Crippen LogP contribution is 2.40. The molecule has 3 aromatic rings. The van der Waals surface area contributed by atoms with E-state index in [4.69, 9.17) is 0 Å². The number of benzene rings is 2. The second-order valence-corrected chi connectivity index (χ2v) is 8.67. The van der Waals surface area contributed by atoms with E-state index in [0.29, 0.717) is 5.56 Å². The predicted molar refractivity (Wildman–Crippen MR) is 109 cm³/mol. The van der Waals surface area contributed by atoms with Crippen molar-refractivity contribution in [2.24, 2.45) is 0 Å². The number of hydrogen-bond acceptors (Lipinski definition) is 3. The second kappa shape index (κ2) is 6.29. The first-order valence-electron chi connectivity index (χ1n) is 8.79. The van der Waals surface area contributed by atoms with E-state index in [-0.39, 0.29) is 17.5 Å². The first-order valence-corrected chi connectivity index (χ1v) is 9.61. The lowest BCUT2D eigenvalue weighted by Crippen LogP contribution is -2.42. The van der Waals surface area contributed by atoms with E-state index in [0.717, 1.165) is 16.3 Å². The molecule has 4 rings (SSSR count). The lowest BCUT2D eigenvalue weighted by atomic mass is 9.95. The van der Waals surface area contributed by atoms with Crippen molar-refractivity contribution in [2.75, 3.05) is 10.2 Å². The van der Waals surface area contributed by atoms with Crippen molar-refractivity contribution in [3.8, 4) is 0 Å². The molecule has 1 atom stereocenters. The fourth-order valence-corrected chi connectivity index (χ4v) is 4.32. The Labute approximate surface area is 158 Å². The van der Waals surface area contributed by atoms with E-state index in [9.17, 15) is 4.79 Å². The van der Waals surface area contributed by atoms with Crippen LogP contribution in [0.5, 0.6) is 0 Å². The van der Waals surface area contributed by atoms with E-state index >= 15 is 0 Å². The Morgan fingerprint density at radius 1 is 0.923 bits per heavy atom. The Balaban J connectivity index is 1.83. The van der Waals surface area contributed by atoms with Crippen LogP contribution in [-0.4, -0.2) is 5.91 Å². The summed E-state index contributed by atoms with van der Waals surface area (Å²) in [5, 5.41) is 3.57. The number of rotatable bonds is 2. The molecular formula is C22H22N2OS. The van der Waals surface area contributed by atoms with Crippen LogP contribution in [0.1, 0.15) is 47.0 Å². The minimum absolute atomic E-state index is 0.0289. The molecule has 0 radical (unpaired) electrons. The summed E-state index contributed by atoms with van der Waals surface area (Å²) in [6.45, 7) is 6.64. The SMILES string of the molecule is CC(C)(C)c1ccc(C2Nc3ccccc3C(=O)N2c2ccccc2)s1. The number of anilines is 2. The molecule has 1 aliphatic heterocycles. The molecule has 132 valence electrons. The highest BCUT2D eigenvalue weighted by molar-refractivity contribution is 7.12. The molecule has 4 heteroatoms. The van der Waals surface area contributed by atoms with Gasteiger partial charge in [0, 0.05) is 21.1 Å². The van der Waals surface area contributed by atoms with Gasteiger partial charge in [-0.1, -0.05) is 51.1 Å². The molecule has 0 spiro atoms. The van der Waals surface area contributed by atoms with Crippen molar-refractivity contribution < 1.29 is 4.79 Å². The van der Waals surface area contributed by atoms with Gasteiger partial charge in [-0.3, -0.25) is 9.69 Å². The molecule has 3 nitrogen and oxygen atoms in total. The summed E-state index contributed by atoms with van der Waals surface area (Å²) >= 11 is 1.77. The maximum atomic E-state index is 13.3. The third-order valence-electron chi connectivity index (χ3n) is 4.60. The highest BCUT2D eigenvalue weighted by Gasteiger charge is 2.35. The van der Waals surface area contributed by atoms with Crippen LogP contribution < -0.4 is 10.2 Å². The number of hydrogen-bond donors (Lipinski definition) is 1. The van der Waals surface area contributed by atoms with E-state index < -0.39 is 0 Å². The smallest absolute Gasteiger partial charge is 0.262 e. The number of nitrogens with one attached hydrogen (secondary N) is 1. The number of amides is 1. The van der Waals surface area contributed by atoms with Gasteiger partial charge >= 0.3 is 0 Å². The summed E-state index contributed by atoms with van der Waals surface area (Å²) < 4.78 is 0. The summed E-state index contributed by atoms with van der Waals surface area (Å²) in [4.78, 5) is 17.6. The molecule has 1 unspecified atom stereocenters. The lowest BCUT2D eigenvalue weighted by molar-refractivity contribution is 0.0975. The quantitative estimate of drug-likeness (QED) is 0.623. The molecule has 1 aliphatic rings. The van der Waals surface area contributed by atoms with E-state index in [1.807, 2.05) is 59.5 Å². The van der Waals surface area contributed by atoms with Gasteiger partial charge in [-0.05, 0) is 41.8 Å². The number of nitrogens with zero attached hydrogens (tertiary/aromatic N) is 1. The van der Waals surface area contributed by atoms with Crippen LogP contribution in [0.3, 0.4) is 0 Å². The molecule has 0 saturated heterocycles. The third kappa shape index (κ3) is 2.90. The van der Waals surface area contributed by atoms with Crippen molar-refractivity contribution in [1.29, 1.82) is 0 Å². The van der Waals surface area contributed by atoms with E-state index in [1.54, 1.807) is 11.3 Å². The Morgan fingerprint density at radius 2 is 1.62 bits per heavy atom. The van der Waals surface area contributed by atoms with Gasteiger partial charge < -0.3 is 5.32 Å². The zero-order valence-electron chi connectivity index (χ0n) is 15.2. The average Bonchev–Trinajstić information content (AvgIpc) is 3.13. The number of carbonyl (C=O) groups excluding carboxylic acids is 1. The average molecular weight is 362 g/mol. The van der Waals surface area contributed by atoms with Crippen LogP contribution >= 0.6 is 11.3 Å². The molecule has 0 saturated carbocycles. The van der Waals surface area contributed by atoms with Crippen LogP contribution in [-0.2, 0) is 5.41 Å². The van der Waals surface area contributed by atoms with Crippen molar-refractivity contribution in [2.45, 2.75) is 32.4 Å². The summed E-state index contributed by atoms with van der Waals surface area (Å²) in [6.07, 6.45) is -0.208. The zero-order valence-corrected chi connectivity index (χ0v) is 16.0. The summed E-state index contributed by atoms with van der Waals surface area (Å²) in [5.74, 6) is 0.0289. The van der Waals surface area contributed by atoms with Gasteiger partial charge in [-0.2, -0.15) is 0 Å². The second-order valence-electron chi connectivity index (χ2n) is 7.56. The fraction of sp³-hybridized carbons (Fsp3) is 0.227. The minimum Gasteiger partial charge on any atom is -0.360 e. The first kappa shape index (κ1) is 16.9. The topological polar surface area (TPSA) is 32.3 Å². The predicted octanol–water partition coefficient (Wildman–Crippen LogP) is 5.82. The Morgan fingerprint density at radius 3 is 2.31 bits per heavy atom. The van der Waals surface area contributed by atoms with Gasteiger partial charge in [-0.25, -0.2) is 0 Å². The molecule has 0 fully saturated rings. The van der Waals surface area contributed by atoms with Crippen molar-refractivity contribution in [3.05, 3.63) is 82.0 Å². The van der Waals surface area contributed by atoms with E-state index in [2.05, 4.69) is 38.2 Å². The number of fused-ring (bicyclic) bond motifs is 1. The van der Waals surface area contributed by atoms with Gasteiger partial charge in [0.25, 0.3) is 5.91 Å². The van der Waals surface area contributed by atoms with Crippen LogP contribution in [0.25, 0.3) is 0 Å². The summed E-state index contributed by atoms with van der Waals surface area (Å²) in [5.41, 5.74) is 2.59. The summed E-state index contributed by atoms with van der Waals surface area (Å²) in [7, 11) is 0. The largest absolute Gasteiger partial charge is 0.360 e. The van der Waals surface area contributed by atoms with Crippen molar-refractivity contribution in [1.82, 2.24) is 0 Å². The van der Waals surface area contributed by atoms with Crippen LogP contribution in [0.2, 0.25) is 0 Å². The van der Waals surface area contributed by atoms with Gasteiger partial charge in [0.15, 0.2) is 0 Å². The normalized spacial score (nSPS) is 17.0. The van der Waals surface area contributed by atoms with Crippen LogP contribution in [0.4, 0.5) is 11.4 Å². The molecule has 2 heterocycles. The monoisotopic (exact) mass is 362 g/mol.